The largest absolute Gasteiger partial charge is 0.480 e. The number of carbonyl (C=O) groups excluding carboxylic acids is 1. The van der Waals surface area contributed by atoms with E-state index in [9.17, 15) is 4.79 Å². The highest BCUT2D eigenvalue weighted by Gasteiger charge is 2.34. The van der Waals surface area contributed by atoms with Crippen molar-refractivity contribution in [3.63, 3.8) is 0 Å². The van der Waals surface area contributed by atoms with Gasteiger partial charge in [-0.05, 0) is 31.5 Å². The highest BCUT2D eigenvalue weighted by molar-refractivity contribution is 5.85. The van der Waals surface area contributed by atoms with Crippen LogP contribution in [-0.2, 0) is 11.2 Å². The summed E-state index contributed by atoms with van der Waals surface area (Å²) in [5.41, 5.74) is 3.58. The fraction of sp³-hybridized carbons (Fsp3) is 0.321. The van der Waals surface area contributed by atoms with Gasteiger partial charge in [-0.3, -0.25) is 9.69 Å². The predicted octanol–water partition coefficient (Wildman–Crippen LogP) is 4.47. The van der Waals surface area contributed by atoms with Crippen molar-refractivity contribution in [1.82, 2.24) is 24.8 Å². The van der Waals surface area contributed by atoms with Gasteiger partial charge in [-0.15, -0.1) is 0 Å². The molecule has 1 aliphatic rings. The van der Waals surface area contributed by atoms with Crippen LogP contribution in [0.4, 0.5) is 0 Å². The van der Waals surface area contributed by atoms with Crippen LogP contribution < -0.4 is 4.74 Å². The molecule has 180 valence electrons. The minimum atomic E-state index is -0.157. The minimum Gasteiger partial charge on any atom is -0.480 e. The number of hydrogen-bond donors (Lipinski definition) is 1. The van der Waals surface area contributed by atoms with Crippen LogP contribution in [0.2, 0.25) is 0 Å². The van der Waals surface area contributed by atoms with Crippen LogP contribution >= 0.6 is 0 Å². The van der Waals surface area contributed by atoms with Crippen LogP contribution in [0.5, 0.6) is 5.88 Å². The number of amides is 1. The van der Waals surface area contributed by atoms with Crippen LogP contribution in [0.25, 0.3) is 22.2 Å². The number of rotatable bonds is 6. The number of pyridine rings is 1. The maximum Gasteiger partial charge on any atom is 0.227 e. The third-order valence-electron chi connectivity index (χ3n) is 6.74. The van der Waals surface area contributed by atoms with E-state index < -0.39 is 0 Å². The number of aromatic nitrogens is 3. The molecule has 7 nitrogen and oxygen atoms in total. The number of piperazine rings is 1. The fourth-order valence-corrected chi connectivity index (χ4v) is 4.77. The zero-order valence-electron chi connectivity index (χ0n) is 20.4. The molecule has 7 heteroatoms. The summed E-state index contributed by atoms with van der Waals surface area (Å²) in [6, 6.07) is 20.2. The van der Waals surface area contributed by atoms with E-state index in [2.05, 4.69) is 34.8 Å². The molecule has 0 spiro atoms. The molecule has 1 fully saturated rings. The molecule has 5 rings (SSSR count). The van der Waals surface area contributed by atoms with Gasteiger partial charge < -0.3 is 14.6 Å². The van der Waals surface area contributed by atoms with Gasteiger partial charge in [0.25, 0.3) is 0 Å². The number of para-hydroxylation sites is 1. The molecule has 4 aromatic rings. The zero-order chi connectivity index (χ0) is 24.4. The van der Waals surface area contributed by atoms with Crippen molar-refractivity contribution in [3.05, 3.63) is 78.2 Å². The molecule has 1 amide bonds. The van der Waals surface area contributed by atoms with Gasteiger partial charge in [0.05, 0.1) is 36.5 Å². The van der Waals surface area contributed by atoms with Crippen LogP contribution in [-0.4, -0.2) is 63.4 Å². The predicted molar refractivity (Wildman–Crippen MR) is 137 cm³/mol. The minimum absolute atomic E-state index is 0.118. The molecule has 0 bridgehead atoms. The molecular formula is C28H31N5O2. The lowest BCUT2D eigenvalue weighted by atomic mass is 10.1. The monoisotopic (exact) mass is 469 g/mol. The van der Waals surface area contributed by atoms with Crippen molar-refractivity contribution in [2.75, 3.05) is 26.7 Å². The van der Waals surface area contributed by atoms with Crippen molar-refractivity contribution in [3.8, 4) is 17.1 Å². The maximum absolute atomic E-state index is 13.4. The van der Waals surface area contributed by atoms with Gasteiger partial charge in [-0.2, -0.15) is 0 Å². The second-order valence-electron chi connectivity index (χ2n) is 9.27. The molecule has 1 aliphatic heterocycles. The van der Waals surface area contributed by atoms with Crippen LogP contribution in [0.3, 0.4) is 0 Å². The summed E-state index contributed by atoms with van der Waals surface area (Å²) in [5.74, 6) is 1.44. The molecule has 0 radical (unpaired) electrons. The molecule has 1 saturated heterocycles. The topological polar surface area (TPSA) is 74.4 Å². The number of nitrogens with zero attached hydrogens (tertiary/aromatic N) is 4. The van der Waals surface area contributed by atoms with Gasteiger partial charge in [0, 0.05) is 31.1 Å². The number of imidazole rings is 1. The maximum atomic E-state index is 13.4. The lowest BCUT2D eigenvalue weighted by molar-refractivity contribution is -0.136. The van der Waals surface area contributed by atoms with Crippen molar-refractivity contribution >= 4 is 16.8 Å². The Morgan fingerprint density at radius 1 is 1.11 bits per heavy atom. The van der Waals surface area contributed by atoms with Crippen LogP contribution in [0, 0.1) is 0 Å². The Morgan fingerprint density at radius 2 is 1.89 bits per heavy atom. The number of hydrogen-bond acceptors (Lipinski definition) is 5. The molecular weight excluding hydrogens is 438 g/mol. The highest BCUT2D eigenvalue weighted by atomic mass is 16.5. The fourth-order valence-electron chi connectivity index (χ4n) is 4.77. The molecule has 0 aliphatic carbocycles. The Kier molecular flexibility index (Phi) is 6.51. The second-order valence-corrected chi connectivity index (χ2v) is 9.27. The standard InChI is InChI=1S/C28H31N5O2/c1-19(2)32-13-14-33(26(34)15-20-9-5-4-6-10-20)25(18-32)27-29-17-24(30-27)22-16-21-11-7-8-12-23(21)31-28(22)35-3/h4-12,16-17,19,25H,13-15,18H2,1-3H3,(H,29,30). The number of aromatic amines is 1. The Morgan fingerprint density at radius 3 is 2.66 bits per heavy atom. The molecule has 1 unspecified atom stereocenters. The van der Waals surface area contributed by atoms with Crippen molar-refractivity contribution in [1.29, 1.82) is 0 Å². The van der Waals surface area contributed by atoms with Gasteiger partial charge in [-0.1, -0.05) is 48.5 Å². The first kappa shape index (κ1) is 23.1. The normalized spacial score (nSPS) is 16.7. The first-order valence-corrected chi connectivity index (χ1v) is 12.1. The van der Waals surface area contributed by atoms with Gasteiger partial charge >= 0.3 is 0 Å². The summed E-state index contributed by atoms with van der Waals surface area (Å²) in [5, 5.41) is 1.03. The number of benzene rings is 2. The average molecular weight is 470 g/mol. The first-order valence-electron chi connectivity index (χ1n) is 12.1. The lowest BCUT2D eigenvalue weighted by Gasteiger charge is -2.42. The van der Waals surface area contributed by atoms with E-state index in [1.807, 2.05) is 65.7 Å². The number of methoxy groups -OCH3 is 1. The van der Waals surface area contributed by atoms with Gasteiger partial charge in [0.1, 0.15) is 11.9 Å². The van der Waals surface area contributed by atoms with E-state index in [1.54, 1.807) is 7.11 Å². The Bertz CT molecular complexity index is 1320. The average Bonchev–Trinajstić information content (AvgIpc) is 3.38. The van der Waals surface area contributed by atoms with Crippen LogP contribution in [0.1, 0.15) is 31.3 Å². The molecule has 35 heavy (non-hydrogen) atoms. The molecule has 1 atom stereocenters. The molecule has 0 saturated carbocycles. The third kappa shape index (κ3) is 4.77. The Labute approximate surface area is 205 Å². The molecule has 1 N–H and O–H groups in total. The Hall–Kier alpha value is -3.71. The third-order valence-corrected chi connectivity index (χ3v) is 6.74. The van der Waals surface area contributed by atoms with E-state index in [4.69, 9.17) is 9.72 Å². The summed E-state index contributed by atoms with van der Waals surface area (Å²) in [6.07, 6.45) is 2.20. The number of nitrogens with one attached hydrogen (secondary N) is 1. The second kappa shape index (κ2) is 9.88. The van der Waals surface area contributed by atoms with Crippen molar-refractivity contribution in [2.24, 2.45) is 0 Å². The van der Waals surface area contributed by atoms with E-state index in [0.717, 1.165) is 46.6 Å². The number of carbonyl (C=O) groups is 1. The number of ether oxygens (including phenoxy) is 1. The number of fused-ring (bicyclic) bond motifs is 1. The first-order chi connectivity index (χ1) is 17.0. The van der Waals surface area contributed by atoms with E-state index >= 15 is 0 Å². The summed E-state index contributed by atoms with van der Waals surface area (Å²) in [6.45, 7) is 6.64. The smallest absolute Gasteiger partial charge is 0.227 e. The summed E-state index contributed by atoms with van der Waals surface area (Å²) < 4.78 is 5.61. The van der Waals surface area contributed by atoms with E-state index in [1.165, 1.54) is 0 Å². The molecule has 3 heterocycles. The van der Waals surface area contributed by atoms with E-state index in [0.29, 0.717) is 24.9 Å². The summed E-state index contributed by atoms with van der Waals surface area (Å²) in [7, 11) is 1.63. The molecule has 2 aromatic heterocycles. The van der Waals surface area contributed by atoms with E-state index in [-0.39, 0.29) is 11.9 Å². The highest BCUT2D eigenvalue weighted by Crippen LogP contribution is 2.33. The van der Waals surface area contributed by atoms with Crippen molar-refractivity contribution in [2.45, 2.75) is 32.4 Å². The van der Waals surface area contributed by atoms with Gasteiger partial charge in [-0.25, -0.2) is 9.97 Å². The van der Waals surface area contributed by atoms with Crippen molar-refractivity contribution < 1.29 is 9.53 Å². The summed E-state index contributed by atoms with van der Waals surface area (Å²) in [4.78, 5) is 30.7. The quantitative estimate of drug-likeness (QED) is 0.451. The zero-order valence-corrected chi connectivity index (χ0v) is 20.4. The lowest BCUT2D eigenvalue weighted by Crippen LogP contribution is -2.53. The Balaban J connectivity index is 1.47. The van der Waals surface area contributed by atoms with Crippen LogP contribution in [0.15, 0.2) is 66.9 Å². The summed E-state index contributed by atoms with van der Waals surface area (Å²) >= 11 is 0. The SMILES string of the molecule is COc1nc2ccccc2cc1-c1cnc(C2CN(C(C)C)CCN2C(=O)Cc2ccccc2)[nH]1. The van der Waals surface area contributed by atoms with Gasteiger partial charge in [0.15, 0.2) is 0 Å². The molecule has 2 aromatic carbocycles. The number of H-pyrrole nitrogens is 1. The van der Waals surface area contributed by atoms with Gasteiger partial charge in [0.2, 0.25) is 11.8 Å².